The van der Waals surface area contributed by atoms with E-state index >= 15 is 0 Å². The summed E-state index contributed by atoms with van der Waals surface area (Å²) in [7, 11) is 0. The average Bonchev–Trinajstić information content (AvgIpc) is 3.34. The molecular weight excluding hydrogens is 839 g/mol. The van der Waals surface area contributed by atoms with Gasteiger partial charge in [-0.25, -0.2) is 0 Å². The lowest BCUT2D eigenvalue weighted by molar-refractivity contribution is -0.143. The van der Waals surface area contributed by atoms with Crippen molar-refractivity contribution in [1.82, 2.24) is 5.32 Å². The van der Waals surface area contributed by atoms with Gasteiger partial charge < -0.3 is 20.3 Å². The Hall–Kier alpha value is -1.14. The standard InChI is InChI=1S/C62H123NO5/c1-3-5-7-9-11-13-15-16-17-18-22-26-29-32-36-40-44-48-52-56-62(67)68-57-53-49-45-41-37-33-30-27-24-21-19-20-23-25-28-31-35-39-43-47-51-55-61(66)63-59(58-64)60(65)54-50-46-42-38-34-14-12-10-8-6-4-2/h59-60,64-65H,3-58H2,1-2H3,(H,63,66). The van der Waals surface area contributed by atoms with Gasteiger partial charge in [-0.05, 0) is 25.7 Å². The number of aliphatic hydroxyl groups is 2. The molecule has 0 aliphatic carbocycles. The average molecular weight is 963 g/mol. The number of ether oxygens (including phenoxy) is 1. The third-order valence-corrected chi connectivity index (χ3v) is 14.9. The maximum atomic E-state index is 12.4. The summed E-state index contributed by atoms with van der Waals surface area (Å²) in [5.74, 6) is -0.0170. The molecule has 0 saturated heterocycles. The monoisotopic (exact) mass is 962 g/mol. The van der Waals surface area contributed by atoms with E-state index in [2.05, 4.69) is 19.2 Å². The molecule has 2 atom stereocenters. The van der Waals surface area contributed by atoms with Gasteiger partial charge in [0.05, 0.1) is 25.4 Å². The third kappa shape index (κ3) is 54.2. The highest BCUT2D eigenvalue weighted by molar-refractivity contribution is 5.76. The first-order valence-electron chi connectivity index (χ1n) is 31.3. The molecule has 0 fully saturated rings. The predicted octanol–water partition coefficient (Wildman–Crippen LogP) is 19.5. The molecular formula is C62H123NO5. The van der Waals surface area contributed by atoms with E-state index in [0.717, 1.165) is 38.5 Å². The summed E-state index contributed by atoms with van der Waals surface area (Å²) >= 11 is 0. The Morgan fingerprint density at radius 1 is 0.353 bits per heavy atom. The molecule has 0 aliphatic rings. The van der Waals surface area contributed by atoms with Gasteiger partial charge in [-0.2, -0.15) is 0 Å². The summed E-state index contributed by atoms with van der Waals surface area (Å²) in [6, 6.07) is -0.539. The number of unbranched alkanes of at least 4 members (excludes halogenated alkanes) is 48. The van der Waals surface area contributed by atoms with Crippen molar-refractivity contribution in [1.29, 1.82) is 0 Å². The Bertz CT molecular complexity index is 975. The molecule has 0 aliphatic heterocycles. The second kappa shape index (κ2) is 58.4. The molecule has 0 spiro atoms. The van der Waals surface area contributed by atoms with Crippen molar-refractivity contribution < 1.29 is 24.5 Å². The van der Waals surface area contributed by atoms with Crippen LogP contribution in [0.15, 0.2) is 0 Å². The highest BCUT2D eigenvalue weighted by Crippen LogP contribution is 2.19. The largest absolute Gasteiger partial charge is 0.466 e. The molecule has 2 unspecified atom stereocenters. The van der Waals surface area contributed by atoms with Crippen LogP contribution >= 0.6 is 0 Å². The van der Waals surface area contributed by atoms with Crippen LogP contribution in [-0.4, -0.2) is 47.4 Å². The van der Waals surface area contributed by atoms with Crippen molar-refractivity contribution in [3.05, 3.63) is 0 Å². The van der Waals surface area contributed by atoms with Crippen LogP contribution in [0.3, 0.4) is 0 Å². The van der Waals surface area contributed by atoms with Gasteiger partial charge in [-0.3, -0.25) is 9.59 Å². The Morgan fingerprint density at radius 3 is 0.897 bits per heavy atom. The molecule has 0 radical (unpaired) electrons. The Kier molecular flexibility index (Phi) is 57.5. The van der Waals surface area contributed by atoms with Crippen molar-refractivity contribution in [2.45, 2.75) is 373 Å². The summed E-state index contributed by atoms with van der Waals surface area (Å²) in [5.41, 5.74) is 0. The van der Waals surface area contributed by atoms with Crippen LogP contribution in [0.5, 0.6) is 0 Å². The maximum Gasteiger partial charge on any atom is 0.305 e. The molecule has 0 heterocycles. The molecule has 406 valence electrons. The molecule has 1 amide bonds. The van der Waals surface area contributed by atoms with Crippen molar-refractivity contribution in [3.63, 3.8) is 0 Å². The molecule has 0 aromatic carbocycles. The molecule has 3 N–H and O–H groups in total. The summed E-state index contributed by atoms with van der Waals surface area (Å²) in [5, 5.41) is 23.2. The van der Waals surface area contributed by atoms with Gasteiger partial charge in [0.25, 0.3) is 0 Å². The van der Waals surface area contributed by atoms with Gasteiger partial charge in [0.15, 0.2) is 0 Å². The van der Waals surface area contributed by atoms with Crippen molar-refractivity contribution in [2.75, 3.05) is 13.2 Å². The van der Waals surface area contributed by atoms with Crippen LogP contribution < -0.4 is 5.32 Å². The second-order valence-corrected chi connectivity index (χ2v) is 21.8. The number of carbonyl (C=O) groups excluding carboxylic acids is 2. The number of esters is 1. The van der Waals surface area contributed by atoms with Gasteiger partial charge in [-0.15, -0.1) is 0 Å². The van der Waals surface area contributed by atoms with Crippen LogP contribution in [-0.2, 0) is 14.3 Å². The molecule has 68 heavy (non-hydrogen) atoms. The minimum Gasteiger partial charge on any atom is -0.466 e. The van der Waals surface area contributed by atoms with E-state index in [1.807, 2.05) is 0 Å². The minimum absolute atomic E-state index is 0.0177. The van der Waals surface area contributed by atoms with Crippen molar-refractivity contribution in [2.24, 2.45) is 0 Å². The van der Waals surface area contributed by atoms with Crippen LogP contribution in [0.4, 0.5) is 0 Å². The van der Waals surface area contributed by atoms with Crippen LogP contribution in [0.25, 0.3) is 0 Å². The minimum atomic E-state index is -0.662. The molecule has 0 aromatic rings. The van der Waals surface area contributed by atoms with E-state index in [-0.39, 0.29) is 18.5 Å². The lowest BCUT2D eigenvalue weighted by Crippen LogP contribution is -2.45. The zero-order chi connectivity index (χ0) is 49.3. The summed E-state index contributed by atoms with van der Waals surface area (Å²) < 4.78 is 5.50. The number of hydrogen-bond donors (Lipinski definition) is 3. The molecule has 0 bridgehead atoms. The zero-order valence-corrected chi connectivity index (χ0v) is 46.4. The smallest absolute Gasteiger partial charge is 0.305 e. The van der Waals surface area contributed by atoms with Crippen LogP contribution in [0.2, 0.25) is 0 Å². The summed E-state index contributed by atoms with van der Waals surface area (Å²) in [6.45, 7) is 4.97. The Balaban J connectivity index is 3.32. The lowest BCUT2D eigenvalue weighted by atomic mass is 10.0. The third-order valence-electron chi connectivity index (χ3n) is 14.9. The predicted molar refractivity (Wildman–Crippen MR) is 297 cm³/mol. The second-order valence-electron chi connectivity index (χ2n) is 21.8. The van der Waals surface area contributed by atoms with E-state index in [1.165, 1.54) is 289 Å². The number of amides is 1. The molecule has 6 heteroatoms. The highest BCUT2D eigenvalue weighted by atomic mass is 16.5. The first kappa shape index (κ1) is 66.9. The van der Waals surface area contributed by atoms with Crippen molar-refractivity contribution in [3.8, 4) is 0 Å². The van der Waals surface area contributed by atoms with E-state index in [4.69, 9.17) is 4.74 Å². The van der Waals surface area contributed by atoms with Gasteiger partial charge in [0.1, 0.15) is 0 Å². The topological polar surface area (TPSA) is 95.9 Å². The molecule has 0 rings (SSSR count). The van der Waals surface area contributed by atoms with Gasteiger partial charge in [0.2, 0.25) is 5.91 Å². The summed E-state index contributed by atoms with van der Waals surface area (Å²) in [6.07, 6.45) is 68.3. The van der Waals surface area contributed by atoms with Crippen LogP contribution in [0.1, 0.15) is 361 Å². The molecule has 6 nitrogen and oxygen atoms in total. The fourth-order valence-corrected chi connectivity index (χ4v) is 10.1. The van der Waals surface area contributed by atoms with E-state index in [9.17, 15) is 19.8 Å². The zero-order valence-electron chi connectivity index (χ0n) is 46.4. The number of hydrogen-bond acceptors (Lipinski definition) is 5. The molecule has 0 saturated carbocycles. The number of aliphatic hydroxyl groups excluding tert-OH is 2. The number of rotatable bonds is 59. The Labute approximate surface area is 426 Å². The highest BCUT2D eigenvalue weighted by Gasteiger charge is 2.20. The first-order valence-corrected chi connectivity index (χ1v) is 31.3. The van der Waals surface area contributed by atoms with Gasteiger partial charge in [0, 0.05) is 12.8 Å². The van der Waals surface area contributed by atoms with E-state index in [1.54, 1.807) is 0 Å². The van der Waals surface area contributed by atoms with Gasteiger partial charge in [-0.1, -0.05) is 322 Å². The lowest BCUT2D eigenvalue weighted by Gasteiger charge is -2.22. The molecule has 0 aromatic heterocycles. The van der Waals surface area contributed by atoms with Crippen LogP contribution in [0, 0.1) is 0 Å². The quantitative estimate of drug-likeness (QED) is 0.0417. The number of carbonyl (C=O) groups is 2. The first-order chi connectivity index (χ1) is 33.5. The number of nitrogens with one attached hydrogen (secondary N) is 1. The normalized spacial score (nSPS) is 12.5. The fraction of sp³-hybridized carbons (Fsp3) is 0.968. The Morgan fingerprint density at radius 2 is 0.603 bits per heavy atom. The van der Waals surface area contributed by atoms with E-state index in [0.29, 0.717) is 25.9 Å². The maximum absolute atomic E-state index is 12.4. The van der Waals surface area contributed by atoms with E-state index < -0.39 is 12.1 Å². The van der Waals surface area contributed by atoms with Crippen molar-refractivity contribution >= 4 is 11.9 Å². The SMILES string of the molecule is CCCCCCCCCCCCCCCCCCCCCC(=O)OCCCCCCCCCCCCCCCCCCCCCCCC(=O)NC(CO)C(O)CCCCCCCCCCCCC. The fourth-order valence-electron chi connectivity index (χ4n) is 10.1. The van der Waals surface area contributed by atoms with Gasteiger partial charge >= 0.3 is 5.97 Å². The summed E-state index contributed by atoms with van der Waals surface area (Å²) in [4.78, 5) is 24.5.